The van der Waals surface area contributed by atoms with E-state index >= 15 is 0 Å². The summed E-state index contributed by atoms with van der Waals surface area (Å²) in [5, 5.41) is 0. The summed E-state index contributed by atoms with van der Waals surface area (Å²) in [5.74, 6) is -1.42. The molecule has 3 aromatic carbocycles. The Bertz CT molecular complexity index is 1390. The second-order valence-corrected chi connectivity index (χ2v) is 11.6. The number of Topliss-reactive ketones (excluding diaryl/α,β-unsaturated/α-hetero) is 2. The third kappa shape index (κ3) is 6.21. The zero-order valence-corrected chi connectivity index (χ0v) is 24.7. The van der Waals surface area contributed by atoms with E-state index in [4.69, 9.17) is 0 Å². The molecular formula is C35H39N3O4. The SMILES string of the molecule is CC(=O)N1CCN(C(=O)CN2C[C@H](C(=O)c3ccccc3)C(c3cccc(C)c3C)[C@H](C(=O)c3ccccc3)C2)CC1. The number of benzene rings is 3. The molecule has 0 aromatic heterocycles. The Kier molecular flexibility index (Phi) is 8.97. The van der Waals surface area contributed by atoms with Gasteiger partial charge in [-0.1, -0.05) is 78.9 Å². The van der Waals surface area contributed by atoms with Gasteiger partial charge in [0.15, 0.2) is 11.6 Å². The number of hydrogen-bond donors (Lipinski definition) is 0. The fraction of sp³-hybridized carbons (Fsp3) is 0.371. The zero-order chi connectivity index (χ0) is 29.8. The van der Waals surface area contributed by atoms with Crippen molar-refractivity contribution in [2.24, 2.45) is 11.8 Å². The maximum absolute atomic E-state index is 14.2. The molecule has 0 spiro atoms. The monoisotopic (exact) mass is 565 g/mol. The molecule has 7 heteroatoms. The Morgan fingerprint density at radius 3 is 1.67 bits per heavy atom. The molecule has 3 atom stereocenters. The lowest BCUT2D eigenvalue weighted by molar-refractivity contribution is -0.139. The van der Waals surface area contributed by atoms with Crippen molar-refractivity contribution in [3.05, 3.63) is 107 Å². The Morgan fingerprint density at radius 2 is 1.17 bits per heavy atom. The van der Waals surface area contributed by atoms with Crippen LogP contribution in [0.1, 0.15) is 50.2 Å². The number of amides is 2. The lowest BCUT2D eigenvalue weighted by atomic mass is 9.67. The number of ketones is 2. The molecule has 2 aliphatic rings. The Labute approximate surface area is 248 Å². The third-order valence-electron chi connectivity index (χ3n) is 9.01. The first-order chi connectivity index (χ1) is 20.2. The number of carbonyl (C=O) groups is 4. The number of rotatable bonds is 7. The van der Waals surface area contributed by atoms with E-state index in [1.165, 1.54) is 0 Å². The zero-order valence-electron chi connectivity index (χ0n) is 24.7. The summed E-state index contributed by atoms with van der Waals surface area (Å²) in [6.07, 6.45) is 0. The van der Waals surface area contributed by atoms with E-state index in [-0.39, 0.29) is 35.8 Å². The summed E-state index contributed by atoms with van der Waals surface area (Å²) in [6.45, 7) is 8.54. The molecule has 0 N–H and O–H groups in total. The fourth-order valence-corrected chi connectivity index (χ4v) is 6.52. The molecule has 0 bridgehead atoms. The highest BCUT2D eigenvalue weighted by molar-refractivity contribution is 6.02. The smallest absolute Gasteiger partial charge is 0.236 e. The van der Waals surface area contributed by atoms with Crippen molar-refractivity contribution in [1.29, 1.82) is 0 Å². The minimum absolute atomic E-state index is 0.0140. The first kappa shape index (κ1) is 29.4. The molecule has 2 fully saturated rings. The standard InChI is InChI=1S/C35H39N3O4/c1-24-11-10-16-29(25(24)2)33-30(34(41)27-12-6-4-7-13-27)21-36(22-31(33)35(42)28-14-8-5-9-15-28)23-32(40)38-19-17-37(18-20-38)26(3)39/h4-16,30-31,33H,17-23H2,1-3H3/t30-,31+,33?. The van der Waals surface area contributed by atoms with Crippen molar-refractivity contribution in [3.8, 4) is 0 Å². The van der Waals surface area contributed by atoms with Gasteiger partial charge in [0.2, 0.25) is 11.8 Å². The van der Waals surface area contributed by atoms with Crippen LogP contribution in [0.3, 0.4) is 0 Å². The summed E-state index contributed by atoms with van der Waals surface area (Å²) in [6, 6.07) is 24.6. The molecule has 5 rings (SSSR count). The second-order valence-electron chi connectivity index (χ2n) is 11.6. The Hall–Kier alpha value is -4.10. The molecule has 2 saturated heterocycles. The average molecular weight is 566 g/mol. The van der Waals surface area contributed by atoms with Gasteiger partial charge in [-0.25, -0.2) is 0 Å². The van der Waals surface area contributed by atoms with Gasteiger partial charge >= 0.3 is 0 Å². The number of piperazine rings is 1. The molecule has 218 valence electrons. The largest absolute Gasteiger partial charge is 0.339 e. The highest BCUT2D eigenvalue weighted by Gasteiger charge is 2.46. The second kappa shape index (κ2) is 12.8. The topological polar surface area (TPSA) is 78.0 Å². The van der Waals surface area contributed by atoms with Crippen LogP contribution in [-0.2, 0) is 9.59 Å². The predicted molar refractivity (Wildman–Crippen MR) is 162 cm³/mol. The maximum Gasteiger partial charge on any atom is 0.236 e. The molecule has 2 aliphatic heterocycles. The van der Waals surface area contributed by atoms with Crippen LogP contribution in [0, 0.1) is 25.7 Å². The van der Waals surface area contributed by atoms with Crippen LogP contribution >= 0.6 is 0 Å². The van der Waals surface area contributed by atoms with Gasteiger partial charge < -0.3 is 9.80 Å². The van der Waals surface area contributed by atoms with Gasteiger partial charge in [0.1, 0.15) is 0 Å². The summed E-state index contributed by atoms with van der Waals surface area (Å²) < 4.78 is 0. The van der Waals surface area contributed by atoms with E-state index < -0.39 is 11.8 Å². The van der Waals surface area contributed by atoms with Crippen molar-refractivity contribution >= 4 is 23.4 Å². The van der Waals surface area contributed by atoms with E-state index in [0.717, 1.165) is 16.7 Å². The maximum atomic E-state index is 14.2. The number of hydrogen-bond acceptors (Lipinski definition) is 5. The van der Waals surface area contributed by atoms with Gasteiger partial charge in [-0.2, -0.15) is 0 Å². The van der Waals surface area contributed by atoms with Crippen molar-refractivity contribution in [1.82, 2.24) is 14.7 Å². The van der Waals surface area contributed by atoms with Crippen LogP contribution in [0.4, 0.5) is 0 Å². The van der Waals surface area contributed by atoms with Crippen LogP contribution in [-0.4, -0.2) is 83.9 Å². The number of likely N-dealkylation sites (tertiary alicyclic amines) is 1. The van der Waals surface area contributed by atoms with Gasteiger partial charge in [0.05, 0.1) is 6.54 Å². The lowest BCUT2D eigenvalue weighted by Gasteiger charge is -2.44. The van der Waals surface area contributed by atoms with Gasteiger partial charge in [-0.3, -0.25) is 24.1 Å². The van der Waals surface area contributed by atoms with Crippen molar-refractivity contribution < 1.29 is 19.2 Å². The fourth-order valence-electron chi connectivity index (χ4n) is 6.52. The first-order valence-corrected chi connectivity index (χ1v) is 14.7. The molecule has 2 amide bonds. The van der Waals surface area contributed by atoms with E-state index in [1.54, 1.807) is 16.7 Å². The summed E-state index contributed by atoms with van der Waals surface area (Å²) >= 11 is 0. The molecule has 1 unspecified atom stereocenters. The number of carbonyl (C=O) groups excluding carboxylic acids is 4. The molecule has 0 radical (unpaired) electrons. The van der Waals surface area contributed by atoms with Gasteiger partial charge in [0, 0.05) is 75.1 Å². The number of aryl methyl sites for hydroxylation is 1. The average Bonchev–Trinajstić information content (AvgIpc) is 3.02. The van der Waals surface area contributed by atoms with Crippen LogP contribution in [0.2, 0.25) is 0 Å². The first-order valence-electron chi connectivity index (χ1n) is 14.7. The number of nitrogens with zero attached hydrogens (tertiary/aromatic N) is 3. The van der Waals surface area contributed by atoms with Crippen LogP contribution in [0.25, 0.3) is 0 Å². The summed E-state index contributed by atoms with van der Waals surface area (Å²) in [7, 11) is 0. The van der Waals surface area contributed by atoms with E-state index in [9.17, 15) is 19.2 Å². The minimum Gasteiger partial charge on any atom is -0.339 e. The van der Waals surface area contributed by atoms with E-state index in [2.05, 4.69) is 26.0 Å². The Balaban J connectivity index is 1.51. The van der Waals surface area contributed by atoms with Gasteiger partial charge in [-0.15, -0.1) is 0 Å². The molecule has 0 saturated carbocycles. The van der Waals surface area contributed by atoms with Crippen LogP contribution < -0.4 is 0 Å². The lowest BCUT2D eigenvalue weighted by Crippen LogP contribution is -2.55. The van der Waals surface area contributed by atoms with E-state index in [0.29, 0.717) is 50.4 Å². The molecule has 3 aromatic rings. The quantitative estimate of drug-likeness (QED) is 0.397. The third-order valence-corrected chi connectivity index (χ3v) is 9.01. The van der Waals surface area contributed by atoms with Crippen molar-refractivity contribution in [2.45, 2.75) is 26.7 Å². The van der Waals surface area contributed by atoms with E-state index in [1.807, 2.05) is 71.6 Å². The van der Waals surface area contributed by atoms with Crippen molar-refractivity contribution in [2.75, 3.05) is 45.8 Å². The predicted octanol–water partition coefficient (Wildman–Crippen LogP) is 4.39. The molecule has 42 heavy (non-hydrogen) atoms. The molecule has 7 nitrogen and oxygen atoms in total. The van der Waals surface area contributed by atoms with Gasteiger partial charge in [-0.05, 0) is 30.5 Å². The minimum atomic E-state index is -0.512. The Morgan fingerprint density at radius 1 is 0.667 bits per heavy atom. The summed E-state index contributed by atoms with van der Waals surface area (Å²) in [5.41, 5.74) is 4.44. The molecule has 0 aliphatic carbocycles. The van der Waals surface area contributed by atoms with Crippen LogP contribution in [0.5, 0.6) is 0 Å². The highest BCUT2D eigenvalue weighted by Crippen LogP contribution is 2.42. The van der Waals surface area contributed by atoms with Crippen LogP contribution in [0.15, 0.2) is 78.9 Å². The molecule has 2 heterocycles. The highest BCUT2D eigenvalue weighted by atomic mass is 16.2. The van der Waals surface area contributed by atoms with Crippen molar-refractivity contribution in [3.63, 3.8) is 0 Å². The molecular weight excluding hydrogens is 526 g/mol. The number of piperidine rings is 1. The normalized spacial score (nSPS) is 21.2. The summed E-state index contributed by atoms with van der Waals surface area (Å²) in [4.78, 5) is 59.3. The van der Waals surface area contributed by atoms with Gasteiger partial charge in [0.25, 0.3) is 0 Å².